The zero-order chi connectivity index (χ0) is 23.2. The van der Waals surface area contributed by atoms with Crippen LogP contribution in [0.1, 0.15) is 54.8 Å². The SMILES string of the molecule is CCOc1ccc(-c2noc(C3CCN(C(=O)CCC(=O)c4ccccc4)CC3)n2)cc1Br. The molecule has 0 aliphatic carbocycles. The third kappa shape index (κ3) is 5.68. The average molecular weight is 512 g/mol. The molecule has 0 unspecified atom stereocenters. The summed E-state index contributed by atoms with van der Waals surface area (Å²) in [5.74, 6) is 2.04. The third-order valence-corrected chi connectivity index (χ3v) is 6.41. The van der Waals surface area contributed by atoms with E-state index >= 15 is 0 Å². The highest BCUT2D eigenvalue weighted by Crippen LogP contribution is 2.32. The maximum Gasteiger partial charge on any atom is 0.230 e. The van der Waals surface area contributed by atoms with Gasteiger partial charge in [-0.3, -0.25) is 9.59 Å². The number of carbonyl (C=O) groups excluding carboxylic acids is 2. The fourth-order valence-corrected chi connectivity index (χ4v) is 4.45. The van der Waals surface area contributed by atoms with Gasteiger partial charge in [-0.2, -0.15) is 4.98 Å². The molecule has 1 fully saturated rings. The number of ketones is 1. The molecule has 7 nitrogen and oxygen atoms in total. The molecule has 33 heavy (non-hydrogen) atoms. The maximum atomic E-state index is 12.6. The Morgan fingerprint density at radius 1 is 1.12 bits per heavy atom. The van der Waals surface area contributed by atoms with Gasteiger partial charge in [0.15, 0.2) is 5.78 Å². The number of nitrogens with zero attached hydrogens (tertiary/aromatic N) is 3. The lowest BCUT2D eigenvalue weighted by Gasteiger charge is -2.30. The van der Waals surface area contributed by atoms with Crippen LogP contribution in [0.15, 0.2) is 57.5 Å². The highest BCUT2D eigenvalue weighted by atomic mass is 79.9. The van der Waals surface area contributed by atoms with Gasteiger partial charge in [-0.25, -0.2) is 0 Å². The van der Waals surface area contributed by atoms with Gasteiger partial charge in [0.2, 0.25) is 17.6 Å². The molecule has 2 aromatic carbocycles. The minimum absolute atomic E-state index is 0.00171. The molecule has 0 atom stereocenters. The van der Waals surface area contributed by atoms with Crippen LogP contribution in [0.3, 0.4) is 0 Å². The topological polar surface area (TPSA) is 85.5 Å². The smallest absolute Gasteiger partial charge is 0.230 e. The number of aromatic nitrogens is 2. The van der Waals surface area contributed by atoms with Crippen molar-refractivity contribution in [1.29, 1.82) is 0 Å². The molecule has 3 aromatic rings. The van der Waals surface area contributed by atoms with Gasteiger partial charge in [0.05, 0.1) is 11.1 Å². The summed E-state index contributed by atoms with van der Waals surface area (Å²) in [6.45, 7) is 3.77. The average Bonchev–Trinajstić information content (AvgIpc) is 3.35. The van der Waals surface area contributed by atoms with E-state index < -0.39 is 0 Å². The molecular weight excluding hydrogens is 486 g/mol. The maximum absolute atomic E-state index is 12.6. The number of ether oxygens (including phenoxy) is 1. The van der Waals surface area contributed by atoms with Crippen molar-refractivity contribution >= 4 is 27.6 Å². The number of hydrogen-bond donors (Lipinski definition) is 0. The van der Waals surface area contributed by atoms with Crippen LogP contribution in [0.5, 0.6) is 5.75 Å². The van der Waals surface area contributed by atoms with Gasteiger partial charge in [0.25, 0.3) is 0 Å². The Hall–Kier alpha value is -3.00. The van der Waals surface area contributed by atoms with Crippen LogP contribution in [0.2, 0.25) is 0 Å². The molecule has 1 aliphatic heterocycles. The molecule has 0 spiro atoms. The van der Waals surface area contributed by atoms with Crippen LogP contribution < -0.4 is 4.74 Å². The Morgan fingerprint density at radius 2 is 1.88 bits per heavy atom. The third-order valence-electron chi connectivity index (χ3n) is 5.79. The molecule has 1 saturated heterocycles. The van der Waals surface area contributed by atoms with Crippen molar-refractivity contribution in [3.05, 3.63) is 64.5 Å². The summed E-state index contributed by atoms with van der Waals surface area (Å²) in [6, 6.07) is 14.8. The molecule has 0 N–H and O–H groups in total. The number of benzene rings is 2. The summed E-state index contributed by atoms with van der Waals surface area (Å²) < 4.78 is 11.9. The molecule has 1 aromatic heterocycles. The van der Waals surface area contributed by atoms with Crippen molar-refractivity contribution < 1.29 is 18.8 Å². The molecule has 172 valence electrons. The molecule has 2 heterocycles. The lowest BCUT2D eigenvalue weighted by Crippen LogP contribution is -2.38. The lowest BCUT2D eigenvalue weighted by atomic mass is 9.96. The van der Waals surface area contributed by atoms with Crippen molar-refractivity contribution in [1.82, 2.24) is 15.0 Å². The monoisotopic (exact) mass is 511 g/mol. The van der Waals surface area contributed by atoms with Crippen LogP contribution in [-0.2, 0) is 4.79 Å². The van der Waals surface area contributed by atoms with Crippen LogP contribution >= 0.6 is 15.9 Å². The Labute approximate surface area is 201 Å². The second-order valence-electron chi connectivity index (χ2n) is 7.98. The van der Waals surface area contributed by atoms with E-state index in [0.717, 1.165) is 28.6 Å². The zero-order valence-corrected chi connectivity index (χ0v) is 20.1. The normalized spacial score (nSPS) is 14.3. The predicted molar refractivity (Wildman–Crippen MR) is 127 cm³/mol. The number of piperidine rings is 1. The highest BCUT2D eigenvalue weighted by Gasteiger charge is 2.28. The number of carbonyl (C=O) groups is 2. The standard InChI is InChI=1S/C25H26BrN3O4/c1-2-32-22-10-8-19(16-20(22)26)24-27-25(33-28-24)18-12-14-29(15-13-18)23(31)11-9-21(30)17-6-4-3-5-7-17/h3-8,10,16,18H,2,9,11-15H2,1H3. The van der Waals surface area contributed by atoms with Crippen molar-refractivity contribution in [2.24, 2.45) is 0 Å². The fraction of sp³-hybridized carbons (Fsp3) is 0.360. The summed E-state index contributed by atoms with van der Waals surface area (Å²) in [4.78, 5) is 31.3. The Kier molecular flexibility index (Phi) is 7.54. The summed E-state index contributed by atoms with van der Waals surface area (Å²) >= 11 is 3.51. The fourth-order valence-electron chi connectivity index (χ4n) is 3.95. The van der Waals surface area contributed by atoms with Gasteiger partial charge in [-0.15, -0.1) is 0 Å². The van der Waals surface area contributed by atoms with E-state index in [1.54, 1.807) is 12.1 Å². The van der Waals surface area contributed by atoms with Crippen molar-refractivity contribution in [3.8, 4) is 17.1 Å². The Bertz CT molecular complexity index is 1110. The van der Waals surface area contributed by atoms with E-state index in [-0.39, 0.29) is 30.4 Å². The zero-order valence-electron chi connectivity index (χ0n) is 18.5. The van der Waals surface area contributed by atoms with E-state index in [0.29, 0.717) is 37.0 Å². The Morgan fingerprint density at radius 3 is 2.58 bits per heavy atom. The number of hydrogen-bond acceptors (Lipinski definition) is 6. The van der Waals surface area contributed by atoms with Gasteiger partial charge in [-0.05, 0) is 53.9 Å². The first-order valence-electron chi connectivity index (χ1n) is 11.2. The van der Waals surface area contributed by atoms with Crippen molar-refractivity contribution in [2.75, 3.05) is 19.7 Å². The van der Waals surface area contributed by atoms with Crippen molar-refractivity contribution in [2.45, 2.75) is 38.5 Å². The molecule has 0 bridgehead atoms. The van der Waals surface area contributed by atoms with E-state index in [1.807, 2.05) is 48.2 Å². The minimum atomic E-state index is -0.00171. The largest absolute Gasteiger partial charge is 0.493 e. The summed E-state index contributed by atoms with van der Waals surface area (Å²) in [7, 11) is 0. The van der Waals surface area contributed by atoms with E-state index in [4.69, 9.17) is 9.26 Å². The van der Waals surface area contributed by atoms with Crippen LogP contribution in [0.4, 0.5) is 0 Å². The van der Waals surface area contributed by atoms with Crippen LogP contribution in [0, 0.1) is 0 Å². The first kappa shape index (κ1) is 23.2. The van der Waals surface area contributed by atoms with Gasteiger partial charge in [0, 0.05) is 43.0 Å². The molecule has 1 amide bonds. The number of rotatable bonds is 8. The van der Waals surface area contributed by atoms with E-state index in [2.05, 4.69) is 26.1 Å². The lowest BCUT2D eigenvalue weighted by molar-refractivity contribution is -0.132. The quantitative estimate of drug-likeness (QED) is 0.383. The van der Waals surface area contributed by atoms with Crippen LogP contribution in [-0.4, -0.2) is 46.4 Å². The number of Topliss-reactive ketones (excluding diaryl/α,β-unsaturated/α-hetero) is 1. The highest BCUT2D eigenvalue weighted by molar-refractivity contribution is 9.10. The first-order chi connectivity index (χ1) is 16.0. The first-order valence-corrected chi connectivity index (χ1v) is 12.0. The summed E-state index contributed by atoms with van der Waals surface area (Å²) in [5.41, 5.74) is 1.49. The Balaban J connectivity index is 1.29. The molecule has 0 radical (unpaired) electrons. The van der Waals surface area contributed by atoms with Gasteiger partial charge in [0.1, 0.15) is 5.75 Å². The second-order valence-corrected chi connectivity index (χ2v) is 8.83. The predicted octanol–water partition coefficient (Wildman–Crippen LogP) is 5.27. The second kappa shape index (κ2) is 10.7. The molecule has 0 saturated carbocycles. The minimum Gasteiger partial charge on any atom is -0.493 e. The van der Waals surface area contributed by atoms with E-state index in [1.165, 1.54) is 0 Å². The summed E-state index contributed by atoms with van der Waals surface area (Å²) in [6.07, 6.45) is 1.98. The summed E-state index contributed by atoms with van der Waals surface area (Å²) in [5, 5.41) is 4.14. The number of halogens is 1. The molecular formula is C25H26BrN3O4. The van der Waals surface area contributed by atoms with Gasteiger partial charge < -0.3 is 14.2 Å². The van der Waals surface area contributed by atoms with Gasteiger partial charge in [-0.1, -0.05) is 35.5 Å². The van der Waals surface area contributed by atoms with E-state index in [9.17, 15) is 9.59 Å². The van der Waals surface area contributed by atoms with Crippen LogP contribution in [0.25, 0.3) is 11.4 Å². The molecule has 1 aliphatic rings. The molecule has 8 heteroatoms. The van der Waals surface area contributed by atoms with Crippen molar-refractivity contribution in [3.63, 3.8) is 0 Å². The number of likely N-dealkylation sites (tertiary alicyclic amines) is 1. The molecule has 4 rings (SSSR count). The number of amides is 1. The van der Waals surface area contributed by atoms with Gasteiger partial charge >= 0.3 is 0 Å².